The van der Waals surface area contributed by atoms with E-state index in [2.05, 4.69) is 45.5 Å². The van der Waals surface area contributed by atoms with Crippen molar-refractivity contribution in [3.05, 3.63) is 62.5 Å². The highest BCUT2D eigenvalue weighted by molar-refractivity contribution is 9.10. The van der Waals surface area contributed by atoms with Crippen molar-refractivity contribution in [3.63, 3.8) is 0 Å². The molecular weight excluding hydrogens is 357 g/mol. The van der Waals surface area contributed by atoms with Crippen LogP contribution < -0.4 is 5.32 Å². The lowest BCUT2D eigenvalue weighted by Gasteiger charge is -2.37. The standard InChI is InChI=1S/C16H14BrCl2N/c17-12-4-1-3-10(7-12)11-8-13(9-11)20-15-6-2-5-14(18)16(15)19/h1-7,11,13,20H,8-9H2. The maximum Gasteiger partial charge on any atom is 0.0823 e. The molecule has 0 amide bonds. The van der Waals surface area contributed by atoms with Gasteiger partial charge in [-0.1, -0.05) is 57.3 Å². The molecule has 0 bridgehead atoms. The molecule has 1 aliphatic rings. The molecule has 1 saturated carbocycles. The molecule has 0 heterocycles. The van der Waals surface area contributed by atoms with Crippen molar-refractivity contribution >= 4 is 44.8 Å². The molecule has 2 aromatic rings. The van der Waals surface area contributed by atoms with Crippen molar-refractivity contribution in [2.75, 3.05) is 5.32 Å². The van der Waals surface area contributed by atoms with Gasteiger partial charge in [0.2, 0.25) is 0 Å². The van der Waals surface area contributed by atoms with E-state index in [1.165, 1.54) is 5.56 Å². The van der Waals surface area contributed by atoms with Gasteiger partial charge in [0, 0.05) is 10.5 Å². The van der Waals surface area contributed by atoms with Crippen LogP contribution in [-0.2, 0) is 0 Å². The molecule has 4 heteroatoms. The first-order chi connectivity index (χ1) is 9.63. The maximum absolute atomic E-state index is 6.19. The summed E-state index contributed by atoms with van der Waals surface area (Å²) in [5.74, 6) is 0.628. The van der Waals surface area contributed by atoms with Gasteiger partial charge in [-0.25, -0.2) is 0 Å². The highest BCUT2D eigenvalue weighted by atomic mass is 79.9. The number of hydrogen-bond acceptors (Lipinski definition) is 1. The van der Waals surface area contributed by atoms with Crippen molar-refractivity contribution in [2.24, 2.45) is 0 Å². The molecule has 20 heavy (non-hydrogen) atoms. The second-order valence-electron chi connectivity index (χ2n) is 5.17. The summed E-state index contributed by atoms with van der Waals surface area (Å²) in [6.07, 6.45) is 2.25. The van der Waals surface area contributed by atoms with Gasteiger partial charge in [0.05, 0.1) is 15.7 Å². The normalized spacial score (nSPS) is 21.4. The fraction of sp³-hybridized carbons (Fsp3) is 0.250. The Labute approximate surface area is 137 Å². The van der Waals surface area contributed by atoms with Crippen molar-refractivity contribution in [1.82, 2.24) is 0 Å². The highest BCUT2D eigenvalue weighted by Crippen LogP contribution is 2.40. The zero-order valence-corrected chi connectivity index (χ0v) is 13.8. The van der Waals surface area contributed by atoms with E-state index in [1.807, 2.05) is 12.1 Å². The molecule has 0 spiro atoms. The van der Waals surface area contributed by atoms with Crippen LogP contribution in [0.15, 0.2) is 46.9 Å². The van der Waals surface area contributed by atoms with E-state index in [-0.39, 0.29) is 0 Å². The zero-order chi connectivity index (χ0) is 14.1. The molecule has 1 nitrogen and oxygen atoms in total. The Kier molecular flexibility index (Phi) is 4.25. The fourth-order valence-corrected chi connectivity index (χ4v) is 3.38. The van der Waals surface area contributed by atoms with Crippen LogP contribution >= 0.6 is 39.1 Å². The summed E-state index contributed by atoms with van der Waals surface area (Å²) in [5, 5.41) is 4.68. The molecule has 1 N–H and O–H groups in total. The Morgan fingerprint density at radius 1 is 1.05 bits per heavy atom. The number of rotatable bonds is 3. The van der Waals surface area contributed by atoms with Crippen molar-refractivity contribution in [1.29, 1.82) is 0 Å². The van der Waals surface area contributed by atoms with Crippen LogP contribution in [0.5, 0.6) is 0 Å². The summed E-state index contributed by atoms with van der Waals surface area (Å²) in [4.78, 5) is 0. The van der Waals surface area contributed by atoms with Gasteiger partial charge >= 0.3 is 0 Å². The summed E-state index contributed by atoms with van der Waals surface area (Å²) in [6, 6.07) is 14.7. The molecule has 3 rings (SSSR count). The lowest BCUT2D eigenvalue weighted by molar-refractivity contribution is 0.374. The topological polar surface area (TPSA) is 12.0 Å². The van der Waals surface area contributed by atoms with Crippen molar-refractivity contribution in [2.45, 2.75) is 24.8 Å². The average molecular weight is 371 g/mol. The predicted molar refractivity (Wildman–Crippen MR) is 90.0 cm³/mol. The van der Waals surface area contributed by atoms with E-state index in [0.717, 1.165) is 23.0 Å². The Balaban J connectivity index is 1.62. The molecule has 0 aromatic heterocycles. The average Bonchev–Trinajstić information content (AvgIpc) is 2.38. The first-order valence-electron chi connectivity index (χ1n) is 6.59. The van der Waals surface area contributed by atoms with E-state index >= 15 is 0 Å². The molecule has 0 unspecified atom stereocenters. The third kappa shape index (κ3) is 2.98. The van der Waals surface area contributed by atoms with Crippen LogP contribution in [0.3, 0.4) is 0 Å². The highest BCUT2D eigenvalue weighted by Gasteiger charge is 2.30. The zero-order valence-electron chi connectivity index (χ0n) is 10.7. The first kappa shape index (κ1) is 14.2. The van der Waals surface area contributed by atoms with Gasteiger partial charge in [-0.3, -0.25) is 0 Å². The van der Waals surface area contributed by atoms with Gasteiger partial charge in [0.15, 0.2) is 0 Å². The monoisotopic (exact) mass is 369 g/mol. The minimum absolute atomic E-state index is 0.468. The van der Waals surface area contributed by atoms with Crippen molar-refractivity contribution < 1.29 is 0 Å². The predicted octanol–water partition coefficient (Wildman–Crippen LogP) is 6.11. The van der Waals surface area contributed by atoms with Crippen LogP contribution in [0.25, 0.3) is 0 Å². The summed E-state index contributed by atoms with van der Waals surface area (Å²) in [7, 11) is 0. The quantitative estimate of drug-likeness (QED) is 0.686. The van der Waals surface area contributed by atoms with E-state index in [4.69, 9.17) is 23.2 Å². The van der Waals surface area contributed by atoms with E-state index in [9.17, 15) is 0 Å². The Morgan fingerprint density at radius 3 is 2.55 bits per heavy atom. The molecule has 1 fully saturated rings. The Hall–Kier alpha value is -0.700. The lowest BCUT2D eigenvalue weighted by atomic mass is 9.76. The number of hydrogen-bond donors (Lipinski definition) is 1. The summed E-state index contributed by atoms with van der Waals surface area (Å²) < 4.78 is 1.14. The molecule has 2 aromatic carbocycles. The van der Waals surface area contributed by atoms with Crippen LogP contribution in [0.2, 0.25) is 10.0 Å². The van der Waals surface area contributed by atoms with E-state index in [0.29, 0.717) is 22.0 Å². The molecule has 0 atom stereocenters. The molecular formula is C16H14BrCl2N. The van der Waals surface area contributed by atoms with Crippen LogP contribution in [0.1, 0.15) is 24.3 Å². The number of benzene rings is 2. The van der Waals surface area contributed by atoms with Gasteiger partial charge in [-0.05, 0) is 48.6 Å². The first-order valence-corrected chi connectivity index (χ1v) is 8.14. The van der Waals surface area contributed by atoms with E-state index in [1.54, 1.807) is 6.07 Å². The van der Waals surface area contributed by atoms with Gasteiger partial charge in [-0.2, -0.15) is 0 Å². The summed E-state index contributed by atoms with van der Waals surface area (Å²) >= 11 is 15.7. The smallest absolute Gasteiger partial charge is 0.0823 e. The Morgan fingerprint density at radius 2 is 1.80 bits per heavy atom. The molecule has 1 aliphatic carbocycles. The SMILES string of the molecule is Clc1cccc(NC2CC(c3cccc(Br)c3)C2)c1Cl. The Bertz CT molecular complexity index is 624. The van der Waals surface area contributed by atoms with Gasteiger partial charge in [-0.15, -0.1) is 0 Å². The second-order valence-corrected chi connectivity index (χ2v) is 6.87. The summed E-state index contributed by atoms with van der Waals surface area (Å²) in [6.45, 7) is 0. The van der Waals surface area contributed by atoms with Crippen LogP contribution in [-0.4, -0.2) is 6.04 Å². The molecule has 104 valence electrons. The van der Waals surface area contributed by atoms with Gasteiger partial charge < -0.3 is 5.32 Å². The van der Waals surface area contributed by atoms with Crippen LogP contribution in [0.4, 0.5) is 5.69 Å². The second kappa shape index (κ2) is 5.97. The van der Waals surface area contributed by atoms with Crippen molar-refractivity contribution in [3.8, 4) is 0 Å². The van der Waals surface area contributed by atoms with Crippen LogP contribution in [0, 0.1) is 0 Å². The maximum atomic E-state index is 6.19. The number of nitrogens with one attached hydrogen (secondary N) is 1. The number of halogens is 3. The minimum atomic E-state index is 0.468. The van der Waals surface area contributed by atoms with E-state index < -0.39 is 0 Å². The van der Waals surface area contributed by atoms with Gasteiger partial charge in [0.25, 0.3) is 0 Å². The molecule has 0 radical (unpaired) electrons. The minimum Gasteiger partial charge on any atom is -0.381 e. The molecule has 0 aliphatic heterocycles. The molecule has 0 saturated heterocycles. The third-order valence-electron chi connectivity index (χ3n) is 3.77. The lowest BCUT2D eigenvalue weighted by Crippen LogP contribution is -2.34. The summed E-state index contributed by atoms with van der Waals surface area (Å²) in [5.41, 5.74) is 2.33. The van der Waals surface area contributed by atoms with Gasteiger partial charge in [0.1, 0.15) is 0 Å². The fourth-order valence-electron chi connectivity index (χ4n) is 2.60. The number of anilines is 1. The largest absolute Gasteiger partial charge is 0.381 e. The third-order valence-corrected chi connectivity index (χ3v) is 5.08.